The fourth-order valence-electron chi connectivity index (χ4n) is 2.40. The van der Waals surface area contributed by atoms with Crippen molar-refractivity contribution in [3.05, 3.63) is 23.7 Å². The standard InChI is InChI=1S/C13H21NO2/c1-10-7-8-13(16-10)12(9-15-2)14-11-5-3-4-6-11/h7-8,11-12,14H,3-6,9H2,1-2H3. The summed E-state index contributed by atoms with van der Waals surface area (Å²) in [4.78, 5) is 0. The van der Waals surface area contributed by atoms with E-state index in [0.29, 0.717) is 12.6 Å². The lowest BCUT2D eigenvalue weighted by Crippen LogP contribution is -2.32. The van der Waals surface area contributed by atoms with Crippen molar-refractivity contribution in [3.63, 3.8) is 0 Å². The third-order valence-corrected chi connectivity index (χ3v) is 3.23. The van der Waals surface area contributed by atoms with Crippen LogP contribution in [0.4, 0.5) is 0 Å². The van der Waals surface area contributed by atoms with Gasteiger partial charge in [0.05, 0.1) is 12.6 Å². The lowest BCUT2D eigenvalue weighted by Gasteiger charge is -2.20. The van der Waals surface area contributed by atoms with Crippen molar-refractivity contribution >= 4 is 0 Å². The van der Waals surface area contributed by atoms with Gasteiger partial charge in [-0.2, -0.15) is 0 Å². The lowest BCUT2D eigenvalue weighted by molar-refractivity contribution is 0.150. The van der Waals surface area contributed by atoms with Crippen LogP contribution in [0.15, 0.2) is 16.5 Å². The van der Waals surface area contributed by atoms with Gasteiger partial charge in [0.1, 0.15) is 11.5 Å². The number of rotatable bonds is 5. The number of nitrogens with one attached hydrogen (secondary N) is 1. The third-order valence-electron chi connectivity index (χ3n) is 3.23. The van der Waals surface area contributed by atoms with E-state index in [1.807, 2.05) is 19.1 Å². The average Bonchev–Trinajstić information content (AvgIpc) is 2.88. The minimum Gasteiger partial charge on any atom is -0.465 e. The minimum atomic E-state index is 0.196. The fraction of sp³-hybridized carbons (Fsp3) is 0.692. The van der Waals surface area contributed by atoms with E-state index in [0.717, 1.165) is 11.5 Å². The second kappa shape index (κ2) is 5.51. The molecule has 0 bridgehead atoms. The van der Waals surface area contributed by atoms with Crippen molar-refractivity contribution in [1.29, 1.82) is 0 Å². The molecule has 2 rings (SSSR count). The molecular formula is C13H21NO2. The van der Waals surface area contributed by atoms with Crippen LogP contribution in [-0.2, 0) is 4.74 Å². The minimum absolute atomic E-state index is 0.196. The highest BCUT2D eigenvalue weighted by Crippen LogP contribution is 2.23. The van der Waals surface area contributed by atoms with Gasteiger partial charge in [0.15, 0.2) is 0 Å². The average molecular weight is 223 g/mol. The Morgan fingerprint density at radius 2 is 2.19 bits per heavy atom. The summed E-state index contributed by atoms with van der Waals surface area (Å²) in [5.41, 5.74) is 0. The summed E-state index contributed by atoms with van der Waals surface area (Å²) in [5.74, 6) is 1.95. The Bertz CT molecular complexity index is 315. The first kappa shape index (κ1) is 11.7. The molecule has 1 N–H and O–H groups in total. The van der Waals surface area contributed by atoms with Crippen LogP contribution < -0.4 is 5.32 Å². The van der Waals surface area contributed by atoms with E-state index >= 15 is 0 Å². The molecule has 16 heavy (non-hydrogen) atoms. The van der Waals surface area contributed by atoms with Crippen LogP contribution in [0.5, 0.6) is 0 Å². The highest BCUT2D eigenvalue weighted by molar-refractivity contribution is 5.10. The van der Waals surface area contributed by atoms with E-state index < -0.39 is 0 Å². The molecule has 1 heterocycles. The number of hydrogen-bond acceptors (Lipinski definition) is 3. The highest BCUT2D eigenvalue weighted by Gasteiger charge is 2.22. The highest BCUT2D eigenvalue weighted by atomic mass is 16.5. The number of aryl methyl sites for hydroxylation is 1. The molecule has 90 valence electrons. The van der Waals surface area contributed by atoms with Crippen molar-refractivity contribution in [2.24, 2.45) is 0 Å². The molecule has 3 nitrogen and oxygen atoms in total. The first-order valence-electron chi connectivity index (χ1n) is 6.11. The Morgan fingerprint density at radius 1 is 1.44 bits per heavy atom. The zero-order valence-corrected chi connectivity index (χ0v) is 10.2. The zero-order chi connectivity index (χ0) is 11.4. The summed E-state index contributed by atoms with van der Waals surface area (Å²) < 4.78 is 10.9. The maximum atomic E-state index is 5.67. The molecular weight excluding hydrogens is 202 g/mol. The monoisotopic (exact) mass is 223 g/mol. The Labute approximate surface area is 97.2 Å². The molecule has 3 heteroatoms. The molecule has 1 aromatic heterocycles. The van der Waals surface area contributed by atoms with Crippen LogP contribution in [0, 0.1) is 6.92 Å². The fourth-order valence-corrected chi connectivity index (χ4v) is 2.40. The van der Waals surface area contributed by atoms with Gasteiger partial charge in [-0.05, 0) is 31.9 Å². The number of furan rings is 1. The van der Waals surface area contributed by atoms with Crippen molar-refractivity contribution < 1.29 is 9.15 Å². The first-order valence-corrected chi connectivity index (χ1v) is 6.11. The molecule has 0 amide bonds. The van der Waals surface area contributed by atoms with Gasteiger partial charge in [-0.25, -0.2) is 0 Å². The van der Waals surface area contributed by atoms with Crippen LogP contribution >= 0.6 is 0 Å². The number of hydrogen-bond donors (Lipinski definition) is 1. The normalized spacial score (nSPS) is 19.1. The molecule has 0 aliphatic heterocycles. The van der Waals surface area contributed by atoms with E-state index in [4.69, 9.17) is 9.15 Å². The summed E-state index contributed by atoms with van der Waals surface area (Å²) in [6, 6.07) is 4.88. The number of ether oxygens (including phenoxy) is 1. The van der Waals surface area contributed by atoms with Gasteiger partial charge in [0.2, 0.25) is 0 Å². The van der Waals surface area contributed by atoms with Gasteiger partial charge in [0, 0.05) is 13.2 Å². The summed E-state index contributed by atoms with van der Waals surface area (Å²) in [6.45, 7) is 2.65. The Kier molecular flexibility index (Phi) is 4.02. The van der Waals surface area contributed by atoms with Gasteiger partial charge in [0.25, 0.3) is 0 Å². The molecule has 1 aromatic rings. The lowest BCUT2D eigenvalue weighted by atomic mass is 10.1. The third kappa shape index (κ3) is 2.86. The summed E-state index contributed by atoms with van der Waals surface area (Å²) in [5, 5.41) is 3.63. The molecule has 0 saturated heterocycles. The molecule has 1 aliphatic carbocycles. The molecule has 1 saturated carbocycles. The smallest absolute Gasteiger partial charge is 0.123 e. The summed E-state index contributed by atoms with van der Waals surface area (Å²) >= 11 is 0. The molecule has 1 fully saturated rings. The van der Waals surface area contributed by atoms with E-state index in [1.54, 1.807) is 7.11 Å². The SMILES string of the molecule is COCC(NC1CCCC1)c1ccc(C)o1. The van der Waals surface area contributed by atoms with Crippen LogP contribution in [0.25, 0.3) is 0 Å². The molecule has 0 radical (unpaired) electrons. The maximum absolute atomic E-state index is 5.67. The maximum Gasteiger partial charge on any atom is 0.123 e. The van der Waals surface area contributed by atoms with E-state index in [9.17, 15) is 0 Å². The topological polar surface area (TPSA) is 34.4 Å². The molecule has 0 aromatic carbocycles. The molecule has 1 atom stereocenters. The van der Waals surface area contributed by atoms with Crippen molar-refractivity contribution in [2.45, 2.75) is 44.7 Å². The van der Waals surface area contributed by atoms with Crippen molar-refractivity contribution in [3.8, 4) is 0 Å². The zero-order valence-electron chi connectivity index (χ0n) is 10.2. The van der Waals surface area contributed by atoms with Crippen LogP contribution in [-0.4, -0.2) is 19.8 Å². The molecule has 1 aliphatic rings. The summed E-state index contributed by atoms with van der Waals surface area (Å²) in [6.07, 6.45) is 5.24. The van der Waals surface area contributed by atoms with E-state index in [1.165, 1.54) is 25.7 Å². The largest absolute Gasteiger partial charge is 0.465 e. The Balaban J connectivity index is 1.98. The first-order chi connectivity index (χ1) is 7.79. The van der Waals surface area contributed by atoms with E-state index in [-0.39, 0.29) is 6.04 Å². The second-order valence-electron chi connectivity index (χ2n) is 4.60. The van der Waals surface area contributed by atoms with E-state index in [2.05, 4.69) is 5.32 Å². The van der Waals surface area contributed by atoms with Gasteiger partial charge >= 0.3 is 0 Å². The summed E-state index contributed by atoms with van der Waals surface area (Å²) in [7, 11) is 1.74. The van der Waals surface area contributed by atoms with Gasteiger partial charge in [-0.15, -0.1) is 0 Å². The Hall–Kier alpha value is -0.800. The van der Waals surface area contributed by atoms with Gasteiger partial charge in [-0.1, -0.05) is 12.8 Å². The quantitative estimate of drug-likeness (QED) is 0.833. The van der Waals surface area contributed by atoms with Gasteiger partial charge in [-0.3, -0.25) is 0 Å². The Morgan fingerprint density at radius 3 is 2.75 bits per heavy atom. The second-order valence-corrected chi connectivity index (χ2v) is 4.60. The van der Waals surface area contributed by atoms with Crippen LogP contribution in [0.2, 0.25) is 0 Å². The predicted octanol–water partition coefficient (Wildman–Crippen LogP) is 2.81. The van der Waals surface area contributed by atoms with Crippen molar-refractivity contribution in [1.82, 2.24) is 5.32 Å². The number of methoxy groups -OCH3 is 1. The van der Waals surface area contributed by atoms with Crippen molar-refractivity contribution in [2.75, 3.05) is 13.7 Å². The van der Waals surface area contributed by atoms with Crippen LogP contribution in [0.1, 0.15) is 43.2 Å². The predicted molar refractivity (Wildman–Crippen MR) is 63.5 cm³/mol. The molecule has 1 unspecified atom stereocenters. The van der Waals surface area contributed by atoms with Crippen LogP contribution in [0.3, 0.4) is 0 Å². The van der Waals surface area contributed by atoms with Gasteiger partial charge < -0.3 is 14.5 Å². The molecule has 0 spiro atoms.